The Balaban J connectivity index is 1.23. The van der Waals surface area contributed by atoms with Gasteiger partial charge in [-0.25, -0.2) is 14.6 Å². The van der Waals surface area contributed by atoms with Crippen LogP contribution < -0.4 is 4.90 Å². The summed E-state index contributed by atoms with van der Waals surface area (Å²) < 4.78 is 7.71. The van der Waals surface area contributed by atoms with Gasteiger partial charge < -0.3 is 14.5 Å². The summed E-state index contributed by atoms with van der Waals surface area (Å²) in [6.07, 6.45) is 5.05. The highest BCUT2D eigenvalue weighted by Crippen LogP contribution is 2.24. The third kappa shape index (κ3) is 4.36. The fraction of sp³-hybridized carbons (Fsp3) is 0.500. The van der Waals surface area contributed by atoms with E-state index in [4.69, 9.17) is 4.74 Å². The first kappa shape index (κ1) is 19.9. The maximum Gasteiger partial charge on any atom is 0.223 e. The van der Waals surface area contributed by atoms with Crippen molar-refractivity contribution in [3.8, 4) is 0 Å². The standard InChI is InChI=1S/C22H27N7O2/c30-19(9-8-17-6-2-1-3-7-17)28-12-13-31-18(14-28)15-29-22-20(25-26-29)21(23-16-24-22)27-10-4-5-11-27/h1-3,6-7,16,18H,4-5,8-15H2/t18-/m1/s1. The Morgan fingerprint density at radius 3 is 2.77 bits per heavy atom. The minimum absolute atomic E-state index is 0.135. The smallest absolute Gasteiger partial charge is 0.223 e. The van der Waals surface area contributed by atoms with E-state index in [1.54, 1.807) is 11.0 Å². The topological polar surface area (TPSA) is 89.3 Å². The predicted molar refractivity (Wildman–Crippen MR) is 116 cm³/mol. The lowest BCUT2D eigenvalue weighted by molar-refractivity contribution is -0.139. The van der Waals surface area contributed by atoms with Gasteiger partial charge in [-0.15, -0.1) is 5.10 Å². The molecular formula is C22H27N7O2. The highest BCUT2D eigenvalue weighted by Gasteiger charge is 2.26. The SMILES string of the molecule is O=C(CCc1ccccc1)N1CCO[C@@H](Cn2nnc3c(N4CCCC4)ncnc32)C1. The van der Waals surface area contributed by atoms with Gasteiger partial charge >= 0.3 is 0 Å². The molecule has 0 radical (unpaired) electrons. The van der Waals surface area contributed by atoms with Crippen LogP contribution in [0.3, 0.4) is 0 Å². The average molecular weight is 422 g/mol. The summed E-state index contributed by atoms with van der Waals surface area (Å²) >= 11 is 0. The van der Waals surface area contributed by atoms with Crippen molar-refractivity contribution in [1.82, 2.24) is 29.9 Å². The summed E-state index contributed by atoms with van der Waals surface area (Å²) in [6.45, 7) is 4.20. The Hall–Kier alpha value is -3.07. The molecule has 2 saturated heterocycles. The maximum absolute atomic E-state index is 12.7. The number of hydrogen-bond acceptors (Lipinski definition) is 7. The van der Waals surface area contributed by atoms with Crippen LogP contribution in [0.15, 0.2) is 36.7 Å². The molecule has 9 nitrogen and oxygen atoms in total. The fourth-order valence-electron chi connectivity index (χ4n) is 4.37. The molecular weight excluding hydrogens is 394 g/mol. The van der Waals surface area contributed by atoms with Crippen molar-refractivity contribution in [3.05, 3.63) is 42.2 Å². The van der Waals surface area contributed by atoms with Crippen molar-refractivity contribution in [1.29, 1.82) is 0 Å². The van der Waals surface area contributed by atoms with Crippen LogP contribution in [0.25, 0.3) is 11.2 Å². The van der Waals surface area contributed by atoms with Crippen molar-refractivity contribution in [2.45, 2.75) is 38.3 Å². The van der Waals surface area contributed by atoms with E-state index < -0.39 is 0 Å². The molecule has 2 aliphatic rings. The van der Waals surface area contributed by atoms with Crippen LogP contribution in [0.4, 0.5) is 5.82 Å². The monoisotopic (exact) mass is 421 g/mol. The Morgan fingerprint density at radius 1 is 1.10 bits per heavy atom. The third-order valence-electron chi connectivity index (χ3n) is 6.02. The fourth-order valence-corrected chi connectivity index (χ4v) is 4.37. The Morgan fingerprint density at radius 2 is 1.94 bits per heavy atom. The van der Waals surface area contributed by atoms with Crippen LogP contribution in [-0.2, 0) is 22.5 Å². The van der Waals surface area contributed by atoms with Crippen LogP contribution in [0.2, 0.25) is 0 Å². The number of ether oxygens (including phenoxy) is 1. The summed E-state index contributed by atoms with van der Waals surface area (Å²) in [4.78, 5) is 25.7. The highest BCUT2D eigenvalue weighted by molar-refractivity contribution is 5.82. The molecule has 1 aromatic carbocycles. The van der Waals surface area contributed by atoms with Gasteiger partial charge in [0.25, 0.3) is 0 Å². The van der Waals surface area contributed by atoms with Gasteiger partial charge in [-0.2, -0.15) is 0 Å². The second kappa shape index (κ2) is 8.97. The summed E-state index contributed by atoms with van der Waals surface area (Å²) in [5.41, 5.74) is 2.63. The lowest BCUT2D eigenvalue weighted by atomic mass is 10.1. The normalized spacial score (nSPS) is 19.3. The zero-order valence-electron chi connectivity index (χ0n) is 17.6. The number of morpholine rings is 1. The van der Waals surface area contributed by atoms with E-state index in [1.807, 2.05) is 23.1 Å². The van der Waals surface area contributed by atoms with Crippen LogP contribution in [0, 0.1) is 0 Å². The number of aromatic nitrogens is 5. The number of amides is 1. The summed E-state index contributed by atoms with van der Waals surface area (Å²) in [5, 5.41) is 8.68. The van der Waals surface area contributed by atoms with Crippen molar-refractivity contribution < 1.29 is 9.53 Å². The molecule has 1 amide bonds. The van der Waals surface area contributed by atoms with Gasteiger partial charge in [0.05, 0.1) is 19.3 Å². The summed E-state index contributed by atoms with van der Waals surface area (Å²) in [7, 11) is 0. The first-order valence-electron chi connectivity index (χ1n) is 11.0. The summed E-state index contributed by atoms with van der Waals surface area (Å²) in [5.74, 6) is 1.02. The second-order valence-corrected chi connectivity index (χ2v) is 8.15. The maximum atomic E-state index is 12.7. The molecule has 0 aliphatic carbocycles. The van der Waals surface area contributed by atoms with E-state index in [2.05, 4.69) is 37.3 Å². The molecule has 0 N–H and O–H groups in total. The van der Waals surface area contributed by atoms with Gasteiger partial charge in [-0.3, -0.25) is 4.79 Å². The van der Waals surface area contributed by atoms with Crippen LogP contribution in [0.1, 0.15) is 24.8 Å². The number of anilines is 1. The molecule has 3 aromatic rings. The number of benzene rings is 1. The average Bonchev–Trinajstić information content (AvgIpc) is 3.49. The predicted octanol–water partition coefficient (Wildman–Crippen LogP) is 1.68. The molecule has 31 heavy (non-hydrogen) atoms. The van der Waals surface area contributed by atoms with E-state index in [-0.39, 0.29) is 12.0 Å². The lowest BCUT2D eigenvalue weighted by Gasteiger charge is -2.33. The first-order valence-corrected chi connectivity index (χ1v) is 11.0. The molecule has 5 rings (SSSR count). The number of aryl methyl sites for hydroxylation is 1. The molecule has 4 heterocycles. The molecule has 0 unspecified atom stereocenters. The van der Waals surface area contributed by atoms with Crippen LogP contribution >= 0.6 is 0 Å². The molecule has 0 bridgehead atoms. The van der Waals surface area contributed by atoms with E-state index >= 15 is 0 Å². The summed E-state index contributed by atoms with van der Waals surface area (Å²) in [6, 6.07) is 10.1. The van der Waals surface area contributed by atoms with Gasteiger partial charge in [0.2, 0.25) is 5.91 Å². The van der Waals surface area contributed by atoms with Crippen LogP contribution in [-0.4, -0.2) is 74.7 Å². The van der Waals surface area contributed by atoms with Gasteiger partial charge in [-0.05, 0) is 24.8 Å². The number of nitrogens with zero attached hydrogens (tertiary/aromatic N) is 7. The number of carbonyl (C=O) groups is 1. The number of carbonyl (C=O) groups excluding carboxylic acids is 1. The number of fused-ring (bicyclic) bond motifs is 1. The Labute approximate surface area is 181 Å². The molecule has 2 aromatic heterocycles. The first-order chi connectivity index (χ1) is 15.3. The highest BCUT2D eigenvalue weighted by atomic mass is 16.5. The number of rotatable bonds is 6. The molecule has 1 atom stereocenters. The minimum Gasteiger partial charge on any atom is -0.373 e. The molecule has 9 heteroatoms. The van der Waals surface area contributed by atoms with E-state index in [9.17, 15) is 4.79 Å². The van der Waals surface area contributed by atoms with E-state index in [0.29, 0.717) is 38.3 Å². The van der Waals surface area contributed by atoms with Gasteiger partial charge in [-0.1, -0.05) is 35.5 Å². The van der Waals surface area contributed by atoms with Crippen molar-refractivity contribution in [3.63, 3.8) is 0 Å². The minimum atomic E-state index is -0.135. The van der Waals surface area contributed by atoms with Crippen molar-refractivity contribution in [2.75, 3.05) is 37.7 Å². The Kier molecular flexibility index (Phi) is 5.75. The largest absolute Gasteiger partial charge is 0.373 e. The quantitative estimate of drug-likeness (QED) is 0.598. The molecule has 162 valence electrons. The second-order valence-electron chi connectivity index (χ2n) is 8.15. The van der Waals surface area contributed by atoms with Crippen molar-refractivity contribution >= 4 is 22.9 Å². The number of hydrogen-bond donors (Lipinski definition) is 0. The molecule has 2 aliphatic heterocycles. The van der Waals surface area contributed by atoms with Gasteiger partial charge in [0.15, 0.2) is 17.0 Å². The third-order valence-corrected chi connectivity index (χ3v) is 6.02. The van der Waals surface area contributed by atoms with Gasteiger partial charge in [0.1, 0.15) is 6.33 Å². The van der Waals surface area contributed by atoms with E-state index in [1.165, 1.54) is 18.4 Å². The lowest BCUT2D eigenvalue weighted by Crippen LogP contribution is -2.47. The van der Waals surface area contributed by atoms with Crippen molar-refractivity contribution in [2.24, 2.45) is 0 Å². The van der Waals surface area contributed by atoms with Crippen LogP contribution in [0.5, 0.6) is 0 Å². The Bertz CT molecular complexity index is 1030. The molecule has 2 fully saturated rings. The van der Waals surface area contributed by atoms with E-state index in [0.717, 1.165) is 30.8 Å². The van der Waals surface area contributed by atoms with Gasteiger partial charge in [0, 0.05) is 32.6 Å². The molecule has 0 spiro atoms. The molecule has 0 saturated carbocycles. The zero-order chi connectivity index (χ0) is 21.0. The zero-order valence-corrected chi connectivity index (χ0v) is 17.6.